The number of nitrogens with zero attached hydrogens (tertiary/aromatic N) is 2. The van der Waals surface area contributed by atoms with Crippen LogP contribution < -0.4 is 21.3 Å². The van der Waals surface area contributed by atoms with Gasteiger partial charge in [0.05, 0.1) is 0 Å². The van der Waals surface area contributed by atoms with Gasteiger partial charge in [0.25, 0.3) is 0 Å². The summed E-state index contributed by atoms with van der Waals surface area (Å²) >= 11 is 0. The Labute approximate surface area is 281 Å². The molecule has 252 valence electrons. The van der Waals surface area contributed by atoms with E-state index in [1.165, 1.54) is 30.4 Å². The average molecular weight is 639 g/mol. The van der Waals surface area contributed by atoms with Gasteiger partial charge < -0.3 is 31.1 Å². The van der Waals surface area contributed by atoms with Crippen LogP contribution in [0, 0.1) is 0 Å². The number of piperidine rings is 2. The van der Waals surface area contributed by atoms with Crippen LogP contribution in [0.4, 0.5) is 9.59 Å². The molecule has 0 unspecified atom stereocenters. The first-order chi connectivity index (χ1) is 23.2. The van der Waals surface area contributed by atoms with Crippen molar-refractivity contribution in [2.45, 2.75) is 95.5 Å². The second kappa shape index (κ2) is 19.1. The first-order valence-corrected chi connectivity index (χ1v) is 17.8. The molecule has 2 saturated heterocycles. The molecule has 8 heteroatoms. The molecule has 1 saturated carbocycles. The zero-order valence-corrected chi connectivity index (χ0v) is 27.9. The van der Waals surface area contributed by atoms with Crippen molar-refractivity contribution in [2.24, 2.45) is 0 Å². The maximum atomic E-state index is 12.9. The molecule has 47 heavy (non-hydrogen) atoms. The van der Waals surface area contributed by atoms with E-state index in [4.69, 9.17) is 0 Å². The van der Waals surface area contributed by atoms with Gasteiger partial charge in [-0.15, -0.1) is 0 Å². The Kier molecular flexibility index (Phi) is 14.0. The molecule has 0 spiro atoms. The maximum Gasteiger partial charge on any atom is 0.318 e. The SMILES string of the molecule is O=C(NC1CCCCC1)N(Cc1ccccc1)C1CCNCC1.O=C(NCc1ccccc1)N(Cc1ccccc1)C1CCNCC1. The summed E-state index contributed by atoms with van der Waals surface area (Å²) < 4.78 is 0. The van der Waals surface area contributed by atoms with Gasteiger partial charge in [-0.2, -0.15) is 0 Å². The molecule has 4 amide bonds. The van der Waals surface area contributed by atoms with E-state index < -0.39 is 0 Å². The number of hydrogen-bond donors (Lipinski definition) is 4. The Morgan fingerprint density at radius 3 is 1.45 bits per heavy atom. The van der Waals surface area contributed by atoms with Crippen LogP contribution in [0.2, 0.25) is 0 Å². The Hall–Kier alpha value is -3.88. The fourth-order valence-electron chi connectivity index (χ4n) is 6.91. The molecular formula is C39H54N6O2. The lowest BCUT2D eigenvalue weighted by Gasteiger charge is -2.36. The quantitative estimate of drug-likeness (QED) is 0.218. The average Bonchev–Trinajstić information content (AvgIpc) is 3.14. The number of benzene rings is 3. The van der Waals surface area contributed by atoms with Crippen LogP contribution in [0.1, 0.15) is 74.5 Å². The van der Waals surface area contributed by atoms with Crippen LogP contribution in [-0.4, -0.2) is 66.2 Å². The van der Waals surface area contributed by atoms with Crippen LogP contribution in [0.3, 0.4) is 0 Å². The van der Waals surface area contributed by atoms with E-state index in [1.807, 2.05) is 59.5 Å². The van der Waals surface area contributed by atoms with Gasteiger partial charge in [0, 0.05) is 37.8 Å². The fraction of sp³-hybridized carbons (Fsp3) is 0.487. The van der Waals surface area contributed by atoms with Crippen molar-refractivity contribution < 1.29 is 9.59 Å². The maximum absolute atomic E-state index is 12.9. The lowest BCUT2D eigenvalue weighted by atomic mass is 9.95. The zero-order chi connectivity index (χ0) is 32.5. The van der Waals surface area contributed by atoms with E-state index in [2.05, 4.69) is 62.6 Å². The number of rotatable bonds is 9. The highest BCUT2D eigenvalue weighted by molar-refractivity contribution is 5.75. The van der Waals surface area contributed by atoms with Crippen LogP contribution >= 0.6 is 0 Å². The standard InChI is InChI=1S/C20H25N3O.C19H29N3O/c24-20(22-15-17-7-3-1-4-8-17)23(19-11-13-21-14-12-19)16-18-9-5-2-6-10-18;23-19(21-17-9-5-2-6-10-17)22(18-11-13-20-14-12-18)15-16-7-3-1-4-8-16/h1-10,19,21H,11-16H2,(H,22,24);1,3-4,7-8,17-18,20H,2,5-6,9-15H2,(H,21,23). The van der Waals surface area contributed by atoms with Gasteiger partial charge in [0.15, 0.2) is 0 Å². The van der Waals surface area contributed by atoms with Gasteiger partial charge in [0.1, 0.15) is 0 Å². The van der Waals surface area contributed by atoms with Crippen LogP contribution in [0.5, 0.6) is 0 Å². The molecule has 0 aromatic heterocycles. The summed E-state index contributed by atoms with van der Waals surface area (Å²) in [4.78, 5) is 29.8. The van der Waals surface area contributed by atoms with E-state index in [1.54, 1.807) is 0 Å². The second-order valence-electron chi connectivity index (χ2n) is 13.1. The molecule has 6 rings (SSSR count). The van der Waals surface area contributed by atoms with Gasteiger partial charge >= 0.3 is 12.1 Å². The summed E-state index contributed by atoms with van der Waals surface area (Å²) in [5, 5.41) is 13.2. The first-order valence-electron chi connectivity index (χ1n) is 17.8. The minimum atomic E-state index is 0.0228. The summed E-state index contributed by atoms with van der Waals surface area (Å²) in [6.07, 6.45) is 10.2. The molecule has 3 aliphatic rings. The van der Waals surface area contributed by atoms with Crippen molar-refractivity contribution in [3.8, 4) is 0 Å². The van der Waals surface area contributed by atoms with E-state index >= 15 is 0 Å². The normalized spacial score (nSPS) is 17.5. The summed E-state index contributed by atoms with van der Waals surface area (Å²) in [5.74, 6) is 0. The molecule has 0 atom stereocenters. The number of carbonyl (C=O) groups excluding carboxylic acids is 2. The monoisotopic (exact) mass is 638 g/mol. The summed E-state index contributed by atoms with van der Waals surface area (Å²) in [6.45, 7) is 5.90. The zero-order valence-electron chi connectivity index (χ0n) is 27.9. The Morgan fingerprint density at radius 2 is 0.979 bits per heavy atom. The topological polar surface area (TPSA) is 88.7 Å². The molecule has 4 N–H and O–H groups in total. The van der Waals surface area contributed by atoms with Crippen LogP contribution in [0.15, 0.2) is 91.0 Å². The molecule has 3 aromatic rings. The molecule has 2 heterocycles. The minimum absolute atomic E-state index is 0.0228. The summed E-state index contributed by atoms with van der Waals surface area (Å²) in [5.41, 5.74) is 3.51. The third-order valence-electron chi connectivity index (χ3n) is 9.63. The largest absolute Gasteiger partial charge is 0.335 e. The Bertz CT molecular complexity index is 1310. The van der Waals surface area contributed by atoms with Crippen molar-refractivity contribution in [1.29, 1.82) is 0 Å². The molecule has 1 aliphatic carbocycles. The number of carbonyl (C=O) groups is 2. The smallest absolute Gasteiger partial charge is 0.318 e. The van der Waals surface area contributed by atoms with Crippen LogP contribution in [-0.2, 0) is 19.6 Å². The van der Waals surface area contributed by atoms with Gasteiger partial charge in [0.2, 0.25) is 0 Å². The van der Waals surface area contributed by atoms with Crippen molar-refractivity contribution in [3.63, 3.8) is 0 Å². The van der Waals surface area contributed by atoms with Crippen molar-refractivity contribution in [3.05, 3.63) is 108 Å². The van der Waals surface area contributed by atoms with Crippen LogP contribution in [0.25, 0.3) is 0 Å². The second-order valence-corrected chi connectivity index (χ2v) is 13.1. The fourth-order valence-corrected chi connectivity index (χ4v) is 6.91. The lowest BCUT2D eigenvalue weighted by molar-refractivity contribution is 0.148. The Balaban J connectivity index is 0.000000185. The highest BCUT2D eigenvalue weighted by Crippen LogP contribution is 2.21. The molecule has 2 aliphatic heterocycles. The van der Waals surface area contributed by atoms with Crippen molar-refractivity contribution in [1.82, 2.24) is 31.1 Å². The first kappa shape index (κ1) is 34.5. The van der Waals surface area contributed by atoms with E-state index in [9.17, 15) is 9.59 Å². The lowest BCUT2D eigenvalue weighted by Crippen LogP contribution is -2.51. The van der Waals surface area contributed by atoms with E-state index in [0.717, 1.165) is 70.3 Å². The van der Waals surface area contributed by atoms with Gasteiger partial charge in [-0.3, -0.25) is 0 Å². The molecule has 0 bridgehead atoms. The highest BCUT2D eigenvalue weighted by atomic mass is 16.2. The molecule has 3 aromatic carbocycles. The predicted molar refractivity (Wildman–Crippen MR) is 190 cm³/mol. The number of amides is 4. The molecule has 0 radical (unpaired) electrons. The highest BCUT2D eigenvalue weighted by Gasteiger charge is 2.28. The van der Waals surface area contributed by atoms with E-state index in [0.29, 0.717) is 37.8 Å². The third kappa shape index (κ3) is 11.4. The summed E-state index contributed by atoms with van der Waals surface area (Å²) in [7, 11) is 0. The van der Waals surface area contributed by atoms with Gasteiger partial charge in [-0.1, -0.05) is 110 Å². The summed E-state index contributed by atoms with van der Waals surface area (Å²) in [6, 6.07) is 31.8. The van der Waals surface area contributed by atoms with Gasteiger partial charge in [-0.05, 0) is 81.4 Å². The molecule has 8 nitrogen and oxygen atoms in total. The third-order valence-corrected chi connectivity index (χ3v) is 9.63. The molecule has 3 fully saturated rings. The molecular weight excluding hydrogens is 584 g/mol. The Morgan fingerprint density at radius 1 is 0.553 bits per heavy atom. The number of nitrogens with one attached hydrogen (secondary N) is 4. The van der Waals surface area contributed by atoms with E-state index in [-0.39, 0.29) is 12.1 Å². The predicted octanol–water partition coefficient (Wildman–Crippen LogP) is 6.43. The number of hydrogen-bond acceptors (Lipinski definition) is 4. The van der Waals surface area contributed by atoms with Crippen molar-refractivity contribution >= 4 is 12.1 Å². The van der Waals surface area contributed by atoms with Crippen molar-refractivity contribution in [2.75, 3.05) is 26.2 Å². The number of urea groups is 2. The minimum Gasteiger partial charge on any atom is -0.335 e. The van der Waals surface area contributed by atoms with Gasteiger partial charge in [-0.25, -0.2) is 9.59 Å².